The van der Waals surface area contributed by atoms with Gasteiger partial charge in [-0.25, -0.2) is 4.98 Å². The molecule has 1 aromatic rings. The number of hydrogen-bond donors (Lipinski definition) is 2. The van der Waals surface area contributed by atoms with Gasteiger partial charge in [0.25, 0.3) is 0 Å². The van der Waals surface area contributed by atoms with Crippen LogP contribution in [0.15, 0.2) is 6.20 Å². The van der Waals surface area contributed by atoms with Crippen molar-refractivity contribution < 1.29 is 0 Å². The van der Waals surface area contributed by atoms with E-state index in [-0.39, 0.29) is 0 Å². The zero-order valence-electron chi connectivity index (χ0n) is 9.16. The van der Waals surface area contributed by atoms with Crippen LogP contribution in [0.4, 0.5) is 11.8 Å². The number of nitrogens with two attached hydrogens (primary N) is 1. The summed E-state index contributed by atoms with van der Waals surface area (Å²) < 4.78 is 0. The van der Waals surface area contributed by atoms with Crippen molar-refractivity contribution in [2.75, 3.05) is 17.6 Å². The molecule has 1 heterocycles. The highest BCUT2D eigenvalue weighted by Gasteiger charge is 2.15. The maximum Gasteiger partial charge on any atom is 0.221 e. The second-order valence-electron chi connectivity index (χ2n) is 4.29. The molecule has 82 valence electrons. The van der Waals surface area contributed by atoms with Crippen LogP contribution >= 0.6 is 0 Å². The van der Waals surface area contributed by atoms with Crippen molar-refractivity contribution in [2.45, 2.75) is 32.6 Å². The van der Waals surface area contributed by atoms with Crippen LogP contribution in [0.5, 0.6) is 0 Å². The molecule has 0 bridgehead atoms. The van der Waals surface area contributed by atoms with Crippen molar-refractivity contribution in [3.63, 3.8) is 0 Å². The zero-order chi connectivity index (χ0) is 10.7. The summed E-state index contributed by atoms with van der Waals surface area (Å²) in [4.78, 5) is 8.14. The van der Waals surface area contributed by atoms with Gasteiger partial charge in [0.2, 0.25) is 5.95 Å². The quantitative estimate of drug-likeness (QED) is 0.793. The van der Waals surface area contributed by atoms with Crippen LogP contribution in [0.2, 0.25) is 0 Å². The molecule has 1 aliphatic carbocycles. The number of aryl methyl sites for hydroxylation is 1. The molecule has 0 radical (unpaired) electrons. The number of anilines is 2. The second-order valence-corrected chi connectivity index (χ2v) is 4.29. The van der Waals surface area contributed by atoms with E-state index in [2.05, 4.69) is 15.3 Å². The average Bonchev–Trinajstić information content (AvgIpc) is 2.72. The van der Waals surface area contributed by atoms with Gasteiger partial charge in [-0.05, 0) is 25.7 Å². The van der Waals surface area contributed by atoms with Gasteiger partial charge in [0.1, 0.15) is 5.82 Å². The summed E-state index contributed by atoms with van der Waals surface area (Å²) in [5, 5.41) is 3.36. The van der Waals surface area contributed by atoms with Crippen molar-refractivity contribution in [3.8, 4) is 0 Å². The number of nitrogens with zero attached hydrogens (tertiary/aromatic N) is 2. The lowest BCUT2D eigenvalue weighted by atomic mass is 10.1. The lowest BCUT2D eigenvalue weighted by molar-refractivity contribution is 0.578. The Morgan fingerprint density at radius 3 is 2.93 bits per heavy atom. The minimum Gasteiger partial charge on any atom is -0.369 e. The number of nitrogen functional groups attached to an aromatic ring is 1. The highest BCUT2D eigenvalue weighted by atomic mass is 15.1. The summed E-state index contributed by atoms with van der Waals surface area (Å²) in [6.45, 7) is 3.01. The lowest BCUT2D eigenvalue weighted by Gasteiger charge is -2.12. The van der Waals surface area contributed by atoms with Gasteiger partial charge in [0.05, 0.1) is 0 Å². The first-order valence-corrected chi connectivity index (χ1v) is 5.58. The molecule has 0 unspecified atom stereocenters. The summed E-state index contributed by atoms with van der Waals surface area (Å²) in [5.74, 6) is 2.03. The summed E-state index contributed by atoms with van der Waals surface area (Å²) in [5.41, 5.74) is 6.61. The van der Waals surface area contributed by atoms with Crippen molar-refractivity contribution in [3.05, 3.63) is 11.8 Å². The van der Waals surface area contributed by atoms with Crippen LogP contribution < -0.4 is 11.1 Å². The number of nitrogens with one attached hydrogen (secondary N) is 1. The molecule has 1 aromatic heterocycles. The van der Waals surface area contributed by atoms with Gasteiger partial charge < -0.3 is 11.1 Å². The molecule has 3 N–H and O–H groups in total. The molecule has 0 saturated heterocycles. The molecule has 0 amide bonds. The van der Waals surface area contributed by atoms with Crippen molar-refractivity contribution in [1.82, 2.24) is 9.97 Å². The Labute approximate surface area is 90.3 Å². The van der Waals surface area contributed by atoms with Gasteiger partial charge >= 0.3 is 0 Å². The van der Waals surface area contributed by atoms with E-state index in [0.29, 0.717) is 5.95 Å². The SMILES string of the molecule is Cc1cnc(N)nc1NCC1CCCC1. The van der Waals surface area contributed by atoms with Gasteiger partial charge in [-0.15, -0.1) is 0 Å². The molecule has 1 aliphatic rings. The van der Waals surface area contributed by atoms with Crippen LogP contribution in [0.1, 0.15) is 31.2 Å². The van der Waals surface area contributed by atoms with E-state index in [1.165, 1.54) is 25.7 Å². The van der Waals surface area contributed by atoms with E-state index < -0.39 is 0 Å². The van der Waals surface area contributed by atoms with E-state index in [1.54, 1.807) is 6.20 Å². The Balaban J connectivity index is 1.94. The summed E-state index contributed by atoms with van der Waals surface area (Å²) in [6.07, 6.45) is 7.19. The van der Waals surface area contributed by atoms with Crippen molar-refractivity contribution >= 4 is 11.8 Å². The molecule has 0 atom stereocenters. The predicted octanol–water partition coefficient (Wildman–Crippen LogP) is 1.97. The number of rotatable bonds is 3. The molecule has 15 heavy (non-hydrogen) atoms. The lowest BCUT2D eigenvalue weighted by Crippen LogP contribution is -2.13. The molecule has 2 rings (SSSR count). The van der Waals surface area contributed by atoms with Crippen LogP contribution in [0, 0.1) is 12.8 Å². The molecule has 0 spiro atoms. The maximum atomic E-state index is 5.55. The monoisotopic (exact) mass is 206 g/mol. The fraction of sp³-hybridized carbons (Fsp3) is 0.636. The van der Waals surface area contributed by atoms with Crippen LogP contribution in [-0.4, -0.2) is 16.5 Å². The van der Waals surface area contributed by atoms with E-state index in [4.69, 9.17) is 5.73 Å². The first-order chi connectivity index (χ1) is 7.25. The van der Waals surface area contributed by atoms with E-state index in [9.17, 15) is 0 Å². The topological polar surface area (TPSA) is 63.8 Å². The average molecular weight is 206 g/mol. The minimum absolute atomic E-state index is 0.342. The van der Waals surface area contributed by atoms with Crippen LogP contribution in [0.3, 0.4) is 0 Å². The predicted molar refractivity (Wildman–Crippen MR) is 61.6 cm³/mol. The molecular weight excluding hydrogens is 188 g/mol. The molecular formula is C11H18N4. The fourth-order valence-electron chi connectivity index (χ4n) is 2.09. The third-order valence-corrected chi connectivity index (χ3v) is 3.02. The largest absolute Gasteiger partial charge is 0.369 e. The molecule has 0 aliphatic heterocycles. The smallest absolute Gasteiger partial charge is 0.221 e. The molecule has 1 fully saturated rings. The van der Waals surface area contributed by atoms with E-state index >= 15 is 0 Å². The third-order valence-electron chi connectivity index (χ3n) is 3.02. The molecule has 0 aromatic carbocycles. The Morgan fingerprint density at radius 1 is 1.47 bits per heavy atom. The Bertz CT molecular complexity index is 331. The van der Waals surface area contributed by atoms with Gasteiger partial charge in [-0.1, -0.05) is 12.8 Å². The Hall–Kier alpha value is -1.32. The summed E-state index contributed by atoms with van der Waals surface area (Å²) in [7, 11) is 0. The van der Waals surface area contributed by atoms with E-state index in [1.807, 2.05) is 6.92 Å². The normalized spacial score (nSPS) is 16.9. The summed E-state index contributed by atoms with van der Waals surface area (Å²) in [6, 6.07) is 0. The third kappa shape index (κ3) is 2.58. The van der Waals surface area contributed by atoms with Crippen LogP contribution in [-0.2, 0) is 0 Å². The highest BCUT2D eigenvalue weighted by Crippen LogP contribution is 2.25. The highest BCUT2D eigenvalue weighted by molar-refractivity contribution is 5.45. The molecule has 4 nitrogen and oxygen atoms in total. The minimum atomic E-state index is 0.342. The summed E-state index contributed by atoms with van der Waals surface area (Å²) >= 11 is 0. The van der Waals surface area contributed by atoms with Crippen molar-refractivity contribution in [1.29, 1.82) is 0 Å². The van der Waals surface area contributed by atoms with Gasteiger partial charge in [-0.2, -0.15) is 4.98 Å². The molecule has 4 heteroatoms. The first-order valence-electron chi connectivity index (χ1n) is 5.58. The number of hydrogen-bond acceptors (Lipinski definition) is 4. The second kappa shape index (κ2) is 4.47. The first kappa shape index (κ1) is 10.2. The maximum absolute atomic E-state index is 5.55. The Morgan fingerprint density at radius 2 is 2.20 bits per heavy atom. The van der Waals surface area contributed by atoms with Crippen LogP contribution in [0.25, 0.3) is 0 Å². The number of aromatic nitrogens is 2. The standard InChI is InChI=1S/C11H18N4/c1-8-6-14-11(12)15-10(8)13-7-9-4-2-3-5-9/h6,9H,2-5,7H2,1H3,(H3,12,13,14,15). The van der Waals surface area contributed by atoms with Crippen molar-refractivity contribution in [2.24, 2.45) is 5.92 Å². The Kier molecular flexibility index (Phi) is 3.04. The molecule has 1 saturated carbocycles. The van der Waals surface area contributed by atoms with Gasteiger partial charge in [-0.3, -0.25) is 0 Å². The van der Waals surface area contributed by atoms with Gasteiger partial charge in [0.15, 0.2) is 0 Å². The van der Waals surface area contributed by atoms with E-state index in [0.717, 1.165) is 23.8 Å². The van der Waals surface area contributed by atoms with Gasteiger partial charge in [0, 0.05) is 18.3 Å². The fourth-order valence-corrected chi connectivity index (χ4v) is 2.09. The zero-order valence-corrected chi connectivity index (χ0v) is 9.16.